The van der Waals surface area contributed by atoms with Crippen molar-refractivity contribution < 1.29 is 4.39 Å². The van der Waals surface area contributed by atoms with Crippen molar-refractivity contribution in [3.8, 4) is 0 Å². The Morgan fingerprint density at radius 1 is 1.17 bits per heavy atom. The van der Waals surface area contributed by atoms with Crippen molar-refractivity contribution in [2.75, 3.05) is 0 Å². The molecule has 0 N–H and O–H groups in total. The minimum Gasteiger partial charge on any atom is -0.261 e. The largest absolute Gasteiger partial charge is 0.261 e. The molecule has 3 rings (SSSR count). The molecule has 0 amide bonds. The Kier molecular flexibility index (Phi) is 2.71. The number of hydrogen-bond acceptors (Lipinski definition) is 1. The smallest absolute Gasteiger partial charge is 0.123 e. The van der Waals surface area contributed by atoms with Crippen LogP contribution in [0.5, 0.6) is 0 Å². The monoisotopic (exact) mass is 239 g/mol. The van der Waals surface area contributed by atoms with Crippen molar-refractivity contribution in [1.82, 2.24) is 4.98 Å². The third kappa shape index (κ3) is 1.74. The average Bonchev–Trinajstić information content (AvgIpc) is 2.55. The van der Waals surface area contributed by atoms with Crippen LogP contribution in [0.2, 0.25) is 0 Å². The fourth-order valence-electron chi connectivity index (χ4n) is 2.62. The molecule has 1 aromatic heterocycles. The number of pyridine rings is 1. The van der Waals surface area contributed by atoms with Gasteiger partial charge in [0.05, 0.1) is 0 Å². The zero-order valence-electron chi connectivity index (χ0n) is 10.3. The predicted octanol–water partition coefficient (Wildman–Crippen LogP) is 3.77. The van der Waals surface area contributed by atoms with Gasteiger partial charge >= 0.3 is 0 Å². The van der Waals surface area contributed by atoms with Crippen molar-refractivity contribution in [1.29, 1.82) is 0 Å². The summed E-state index contributed by atoms with van der Waals surface area (Å²) in [6.45, 7) is 2.02. The quantitative estimate of drug-likeness (QED) is 0.682. The summed E-state index contributed by atoms with van der Waals surface area (Å²) in [6, 6.07) is 9.10. The SMILES string of the molecule is C/C=C1\c2ccc(F)cc2CCc2ncccc21. The van der Waals surface area contributed by atoms with Crippen molar-refractivity contribution in [2.24, 2.45) is 0 Å². The van der Waals surface area contributed by atoms with Crippen LogP contribution in [0.3, 0.4) is 0 Å². The first-order valence-electron chi connectivity index (χ1n) is 6.19. The molecule has 0 radical (unpaired) electrons. The van der Waals surface area contributed by atoms with Crippen LogP contribution in [-0.4, -0.2) is 4.98 Å². The minimum atomic E-state index is -0.164. The van der Waals surface area contributed by atoms with Crippen LogP contribution < -0.4 is 0 Å². The number of benzene rings is 1. The molecule has 0 saturated heterocycles. The van der Waals surface area contributed by atoms with E-state index in [9.17, 15) is 4.39 Å². The summed E-state index contributed by atoms with van der Waals surface area (Å²) in [4.78, 5) is 4.45. The fourth-order valence-corrected chi connectivity index (χ4v) is 2.62. The lowest BCUT2D eigenvalue weighted by molar-refractivity contribution is 0.625. The molecule has 18 heavy (non-hydrogen) atoms. The number of aromatic nitrogens is 1. The van der Waals surface area contributed by atoms with Crippen LogP contribution in [-0.2, 0) is 12.8 Å². The zero-order chi connectivity index (χ0) is 12.5. The maximum Gasteiger partial charge on any atom is 0.123 e. The number of aryl methyl sites for hydroxylation is 2. The minimum absolute atomic E-state index is 0.164. The molecule has 0 spiro atoms. The van der Waals surface area contributed by atoms with E-state index in [1.807, 2.05) is 25.3 Å². The van der Waals surface area contributed by atoms with Gasteiger partial charge in [-0.2, -0.15) is 0 Å². The molecule has 90 valence electrons. The number of nitrogens with zero attached hydrogens (tertiary/aromatic N) is 1. The zero-order valence-corrected chi connectivity index (χ0v) is 10.3. The van der Waals surface area contributed by atoms with Gasteiger partial charge in [-0.15, -0.1) is 0 Å². The van der Waals surface area contributed by atoms with Gasteiger partial charge in [0.1, 0.15) is 5.82 Å². The van der Waals surface area contributed by atoms with E-state index in [-0.39, 0.29) is 5.82 Å². The average molecular weight is 239 g/mol. The van der Waals surface area contributed by atoms with Crippen LogP contribution in [0.4, 0.5) is 4.39 Å². The van der Waals surface area contributed by atoms with Crippen LogP contribution in [0.15, 0.2) is 42.6 Å². The van der Waals surface area contributed by atoms with Gasteiger partial charge in [0, 0.05) is 17.5 Å². The molecule has 2 heteroatoms. The topological polar surface area (TPSA) is 12.9 Å². The third-order valence-corrected chi connectivity index (χ3v) is 3.46. The van der Waals surface area contributed by atoms with Crippen LogP contribution in [0.25, 0.3) is 5.57 Å². The van der Waals surface area contributed by atoms with E-state index in [1.165, 1.54) is 11.6 Å². The van der Waals surface area contributed by atoms with Crippen molar-refractivity contribution in [3.05, 3.63) is 70.8 Å². The Hall–Kier alpha value is -1.96. The van der Waals surface area contributed by atoms with Crippen LogP contribution in [0.1, 0.15) is 29.3 Å². The van der Waals surface area contributed by atoms with Crippen LogP contribution in [0, 0.1) is 5.82 Å². The maximum absolute atomic E-state index is 13.4. The number of allylic oxidation sites excluding steroid dienone is 1. The molecule has 0 saturated carbocycles. The third-order valence-electron chi connectivity index (χ3n) is 3.46. The Balaban J connectivity index is 2.25. The van der Waals surface area contributed by atoms with E-state index in [1.54, 1.807) is 6.07 Å². The number of rotatable bonds is 0. The van der Waals surface area contributed by atoms with Gasteiger partial charge in [-0.3, -0.25) is 4.98 Å². The Morgan fingerprint density at radius 3 is 2.89 bits per heavy atom. The molecule has 2 aromatic rings. The van der Waals surface area contributed by atoms with Gasteiger partial charge in [-0.25, -0.2) is 4.39 Å². The molecule has 0 bridgehead atoms. The van der Waals surface area contributed by atoms with Crippen molar-refractivity contribution in [2.45, 2.75) is 19.8 Å². The van der Waals surface area contributed by atoms with Crippen molar-refractivity contribution in [3.63, 3.8) is 0 Å². The Labute approximate surface area is 106 Å². The summed E-state index contributed by atoms with van der Waals surface area (Å²) in [5.41, 5.74) is 5.63. The van der Waals surface area contributed by atoms with Gasteiger partial charge in [0.25, 0.3) is 0 Å². The van der Waals surface area contributed by atoms with Gasteiger partial charge in [0.2, 0.25) is 0 Å². The summed E-state index contributed by atoms with van der Waals surface area (Å²) in [6.07, 6.45) is 5.61. The molecular weight excluding hydrogens is 225 g/mol. The maximum atomic E-state index is 13.4. The van der Waals surface area contributed by atoms with Gasteiger partial charge in [0.15, 0.2) is 0 Å². The second kappa shape index (κ2) is 4.37. The standard InChI is InChI=1S/C16H14FN/c1-2-13-14-7-6-12(17)10-11(14)5-8-16-15(13)4-3-9-18-16/h2-4,6-7,9-10H,5,8H2,1H3/b13-2+. The predicted molar refractivity (Wildman–Crippen MR) is 70.8 cm³/mol. The normalized spacial score (nSPS) is 16.0. The Bertz CT molecular complexity index is 629. The van der Waals surface area contributed by atoms with E-state index >= 15 is 0 Å². The summed E-state index contributed by atoms with van der Waals surface area (Å²) in [5.74, 6) is -0.164. The number of fused-ring (bicyclic) bond motifs is 2. The van der Waals surface area contributed by atoms with E-state index in [4.69, 9.17) is 0 Å². The second-order valence-electron chi connectivity index (χ2n) is 4.50. The van der Waals surface area contributed by atoms with Gasteiger partial charge in [-0.1, -0.05) is 18.2 Å². The second-order valence-corrected chi connectivity index (χ2v) is 4.50. The lowest BCUT2D eigenvalue weighted by Gasteiger charge is -2.10. The van der Waals surface area contributed by atoms with E-state index in [2.05, 4.69) is 17.1 Å². The Morgan fingerprint density at radius 2 is 2.06 bits per heavy atom. The van der Waals surface area contributed by atoms with Gasteiger partial charge in [-0.05, 0) is 54.7 Å². The molecule has 1 aromatic carbocycles. The first-order valence-corrected chi connectivity index (χ1v) is 6.19. The first-order chi connectivity index (χ1) is 8.79. The van der Waals surface area contributed by atoms with E-state index in [0.717, 1.165) is 35.2 Å². The summed E-state index contributed by atoms with van der Waals surface area (Å²) in [5, 5.41) is 0. The molecule has 1 heterocycles. The first kappa shape index (κ1) is 11.1. The lowest BCUT2D eigenvalue weighted by Crippen LogP contribution is -1.94. The van der Waals surface area contributed by atoms with Crippen molar-refractivity contribution >= 4 is 5.57 Å². The highest BCUT2D eigenvalue weighted by Gasteiger charge is 2.18. The van der Waals surface area contributed by atoms with Crippen LogP contribution >= 0.6 is 0 Å². The van der Waals surface area contributed by atoms with E-state index in [0.29, 0.717) is 0 Å². The molecule has 1 nitrogen and oxygen atoms in total. The molecule has 0 unspecified atom stereocenters. The number of halogens is 1. The highest BCUT2D eigenvalue weighted by Crippen LogP contribution is 2.32. The molecular formula is C16H14FN. The lowest BCUT2D eigenvalue weighted by atomic mass is 9.95. The van der Waals surface area contributed by atoms with E-state index < -0.39 is 0 Å². The molecule has 1 aliphatic carbocycles. The molecule has 0 atom stereocenters. The molecule has 1 aliphatic rings. The summed E-state index contributed by atoms with van der Waals surface area (Å²) >= 11 is 0. The molecule has 0 aliphatic heterocycles. The molecule has 0 fully saturated rings. The highest BCUT2D eigenvalue weighted by atomic mass is 19.1. The summed E-state index contributed by atoms with van der Waals surface area (Å²) in [7, 11) is 0. The highest BCUT2D eigenvalue weighted by molar-refractivity contribution is 5.83. The number of hydrogen-bond donors (Lipinski definition) is 0. The fraction of sp³-hybridized carbons (Fsp3) is 0.188. The van der Waals surface area contributed by atoms with Gasteiger partial charge < -0.3 is 0 Å². The summed E-state index contributed by atoms with van der Waals surface area (Å²) < 4.78 is 13.4.